The number of nitrogens with zero attached hydrogens (tertiary/aromatic N) is 1. The number of ether oxygens (including phenoxy) is 2. The van der Waals surface area contributed by atoms with E-state index in [2.05, 4.69) is 35.8 Å². The Morgan fingerprint density at radius 3 is 2.40 bits per heavy atom. The molecule has 0 aliphatic carbocycles. The molecule has 0 radical (unpaired) electrons. The lowest BCUT2D eigenvalue weighted by molar-refractivity contribution is -0.140. The fraction of sp³-hybridized carbons (Fsp3) is 0.435. The number of esters is 1. The molecule has 162 valence electrons. The highest BCUT2D eigenvalue weighted by Gasteiger charge is 2.19. The number of halogens is 1. The van der Waals surface area contributed by atoms with Crippen LogP contribution in [0.3, 0.4) is 0 Å². The number of hydrogen-bond donors (Lipinski definition) is 1. The molecular weight excluding hydrogens is 404 g/mol. The highest BCUT2D eigenvalue weighted by atomic mass is 35.5. The van der Waals surface area contributed by atoms with Crippen molar-refractivity contribution in [1.82, 2.24) is 10.3 Å². The number of carbonyl (C=O) groups is 2. The zero-order valence-electron chi connectivity index (χ0n) is 17.9. The van der Waals surface area contributed by atoms with E-state index in [0.29, 0.717) is 16.5 Å². The van der Waals surface area contributed by atoms with Crippen molar-refractivity contribution in [1.29, 1.82) is 0 Å². The third kappa shape index (κ3) is 8.03. The van der Waals surface area contributed by atoms with E-state index in [4.69, 9.17) is 16.3 Å². The molecule has 0 fully saturated rings. The van der Waals surface area contributed by atoms with Gasteiger partial charge in [0.25, 0.3) is 5.91 Å². The third-order valence-electron chi connectivity index (χ3n) is 4.52. The predicted octanol–water partition coefficient (Wildman–Crippen LogP) is 4.97. The van der Waals surface area contributed by atoms with E-state index in [0.717, 1.165) is 18.4 Å². The standard InChI is InChI=1S/C23H29ClN2O4/c1-23(2,3)13-11-19(30-18-9-10-20(24)26-15-18)16-5-7-17(8-6-16)22(28)25-14-12-21(27)29-4/h5-10,15,19H,11-14H2,1-4H3,(H,25,28). The Morgan fingerprint density at radius 1 is 1.13 bits per heavy atom. The second-order valence-corrected chi connectivity index (χ2v) is 8.61. The zero-order chi connectivity index (χ0) is 22.1. The summed E-state index contributed by atoms with van der Waals surface area (Å²) < 4.78 is 10.7. The van der Waals surface area contributed by atoms with Gasteiger partial charge in [0.1, 0.15) is 17.0 Å². The number of aromatic nitrogens is 1. The average Bonchev–Trinajstić information content (AvgIpc) is 2.71. The highest BCUT2D eigenvalue weighted by molar-refractivity contribution is 6.29. The lowest BCUT2D eigenvalue weighted by Gasteiger charge is -2.24. The van der Waals surface area contributed by atoms with Crippen LogP contribution in [0.25, 0.3) is 0 Å². The molecule has 2 aromatic rings. The summed E-state index contributed by atoms with van der Waals surface area (Å²) in [5.74, 6) is 0.0450. The lowest BCUT2D eigenvalue weighted by atomic mass is 9.88. The van der Waals surface area contributed by atoms with Gasteiger partial charge in [0.05, 0.1) is 19.7 Å². The predicted molar refractivity (Wildman–Crippen MR) is 117 cm³/mol. The smallest absolute Gasteiger partial charge is 0.307 e. The molecule has 0 saturated carbocycles. The van der Waals surface area contributed by atoms with Gasteiger partial charge in [-0.2, -0.15) is 0 Å². The fourth-order valence-corrected chi connectivity index (χ4v) is 2.90. The van der Waals surface area contributed by atoms with Crippen LogP contribution in [0, 0.1) is 5.41 Å². The Morgan fingerprint density at radius 2 is 1.83 bits per heavy atom. The van der Waals surface area contributed by atoms with Crippen LogP contribution in [0.5, 0.6) is 5.75 Å². The first-order valence-corrected chi connectivity index (χ1v) is 10.3. The fourth-order valence-electron chi connectivity index (χ4n) is 2.79. The van der Waals surface area contributed by atoms with Crippen LogP contribution in [0.1, 0.15) is 62.1 Å². The van der Waals surface area contributed by atoms with Gasteiger partial charge in [0, 0.05) is 12.1 Å². The SMILES string of the molecule is COC(=O)CCNC(=O)c1ccc(C(CCC(C)(C)C)Oc2ccc(Cl)nc2)cc1. The second-order valence-electron chi connectivity index (χ2n) is 8.23. The van der Waals surface area contributed by atoms with Crippen LogP contribution in [-0.2, 0) is 9.53 Å². The Balaban J connectivity index is 2.08. The summed E-state index contributed by atoms with van der Waals surface area (Å²) in [6.45, 7) is 6.80. The van der Waals surface area contributed by atoms with Crippen molar-refractivity contribution in [2.45, 2.75) is 46.1 Å². The van der Waals surface area contributed by atoms with Crippen LogP contribution >= 0.6 is 11.6 Å². The van der Waals surface area contributed by atoms with Crippen LogP contribution in [-0.4, -0.2) is 30.5 Å². The largest absolute Gasteiger partial charge is 0.484 e. The molecule has 0 saturated heterocycles. The van der Waals surface area contributed by atoms with Gasteiger partial charge in [-0.3, -0.25) is 9.59 Å². The summed E-state index contributed by atoms with van der Waals surface area (Å²) in [6.07, 6.45) is 3.35. The van der Waals surface area contributed by atoms with E-state index < -0.39 is 0 Å². The first-order chi connectivity index (χ1) is 14.2. The van der Waals surface area contributed by atoms with Gasteiger partial charge in [-0.15, -0.1) is 0 Å². The molecule has 0 aliphatic heterocycles. The number of rotatable bonds is 9. The van der Waals surface area contributed by atoms with Crippen molar-refractivity contribution in [2.75, 3.05) is 13.7 Å². The minimum atomic E-state index is -0.360. The highest BCUT2D eigenvalue weighted by Crippen LogP contribution is 2.31. The third-order valence-corrected chi connectivity index (χ3v) is 4.75. The minimum absolute atomic E-state index is 0.137. The second kappa shape index (κ2) is 11.0. The summed E-state index contributed by atoms with van der Waals surface area (Å²) in [5.41, 5.74) is 1.66. The van der Waals surface area contributed by atoms with E-state index in [-0.39, 0.29) is 36.4 Å². The number of methoxy groups -OCH3 is 1. The van der Waals surface area contributed by atoms with Crippen LogP contribution in [0.4, 0.5) is 0 Å². The van der Waals surface area contributed by atoms with E-state index >= 15 is 0 Å². The Kier molecular flexibility index (Phi) is 8.66. The zero-order valence-corrected chi connectivity index (χ0v) is 18.7. The van der Waals surface area contributed by atoms with Crippen molar-refractivity contribution in [3.05, 3.63) is 58.9 Å². The molecule has 30 heavy (non-hydrogen) atoms. The monoisotopic (exact) mass is 432 g/mol. The molecule has 1 aromatic carbocycles. The van der Waals surface area contributed by atoms with Crippen molar-refractivity contribution in [3.8, 4) is 5.75 Å². The van der Waals surface area contributed by atoms with Crippen molar-refractivity contribution >= 4 is 23.5 Å². The number of nitrogens with one attached hydrogen (secondary N) is 1. The van der Waals surface area contributed by atoms with Gasteiger partial charge in [0.15, 0.2) is 0 Å². The van der Waals surface area contributed by atoms with E-state index in [1.807, 2.05) is 12.1 Å². The molecule has 0 bridgehead atoms. The van der Waals surface area contributed by atoms with E-state index in [1.165, 1.54) is 7.11 Å². The molecule has 6 nitrogen and oxygen atoms in total. The molecular formula is C23H29ClN2O4. The summed E-state index contributed by atoms with van der Waals surface area (Å²) in [7, 11) is 1.32. The number of hydrogen-bond acceptors (Lipinski definition) is 5. The molecule has 1 unspecified atom stereocenters. The maximum absolute atomic E-state index is 12.3. The number of pyridine rings is 1. The van der Waals surface area contributed by atoms with Gasteiger partial charge < -0.3 is 14.8 Å². The minimum Gasteiger partial charge on any atom is -0.484 e. The molecule has 0 spiro atoms. The van der Waals surface area contributed by atoms with Crippen LogP contribution in [0.15, 0.2) is 42.6 Å². The Bertz CT molecular complexity index is 830. The maximum atomic E-state index is 12.3. The summed E-state index contributed by atoms with van der Waals surface area (Å²) in [5, 5.41) is 3.12. The molecule has 1 atom stereocenters. The van der Waals surface area contributed by atoms with Gasteiger partial charge in [-0.1, -0.05) is 44.5 Å². The van der Waals surface area contributed by atoms with Crippen molar-refractivity contribution in [3.63, 3.8) is 0 Å². The number of amides is 1. The lowest BCUT2D eigenvalue weighted by Crippen LogP contribution is -2.26. The quantitative estimate of drug-likeness (QED) is 0.447. The summed E-state index contributed by atoms with van der Waals surface area (Å²) in [4.78, 5) is 27.5. The summed E-state index contributed by atoms with van der Waals surface area (Å²) in [6, 6.07) is 10.8. The first kappa shape index (κ1) is 23.7. The normalized spacial score (nSPS) is 12.2. The molecule has 1 N–H and O–H groups in total. The topological polar surface area (TPSA) is 77.5 Å². The van der Waals surface area contributed by atoms with Gasteiger partial charge in [0.2, 0.25) is 0 Å². The number of benzene rings is 1. The van der Waals surface area contributed by atoms with Gasteiger partial charge in [-0.05, 0) is 48.1 Å². The molecule has 2 rings (SSSR count). The van der Waals surface area contributed by atoms with E-state index in [9.17, 15) is 9.59 Å². The van der Waals surface area contributed by atoms with Crippen LogP contribution < -0.4 is 10.1 Å². The van der Waals surface area contributed by atoms with Gasteiger partial charge >= 0.3 is 5.97 Å². The average molecular weight is 433 g/mol. The number of carbonyl (C=O) groups excluding carboxylic acids is 2. The van der Waals surface area contributed by atoms with Crippen LogP contribution in [0.2, 0.25) is 5.15 Å². The maximum Gasteiger partial charge on any atom is 0.307 e. The van der Waals surface area contributed by atoms with Crippen molar-refractivity contribution < 1.29 is 19.1 Å². The molecule has 1 amide bonds. The van der Waals surface area contributed by atoms with Crippen molar-refractivity contribution in [2.24, 2.45) is 5.41 Å². The molecule has 1 heterocycles. The molecule has 1 aromatic heterocycles. The first-order valence-electron chi connectivity index (χ1n) is 9.91. The molecule has 0 aliphatic rings. The Labute approximate surface area is 182 Å². The Hall–Kier alpha value is -2.60. The van der Waals surface area contributed by atoms with Gasteiger partial charge in [-0.25, -0.2) is 4.98 Å². The molecule has 7 heteroatoms. The van der Waals surface area contributed by atoms with E-state index in [1.54, 1.807) is 30.5 Å². The summed E-state index contributed by atoms with van der Waals surface area (Å²) >= 11 is 5.86.